The van der Waals surface area contributed by atoms with Crippen molar-refractivity contribution in [3.8, 4) is 0 Å². The van der Waals surface area contributed by atoms with Crippen LogP contribution >= 0.6 is 0 Å². The van der Waals surface area contributed by atoms with E-state index in [-0.39, 0.29) is 0 Å². The Morgan fingerprint density at radius 3 is 2.43 bits per heavy atom. The van der Waals surface area contributed by atoms with Crippen LogP contribution in [-0.2, 0) is 0 Å². The molecule has 0 aliphatic rings. The maximum atomic E-state index is 3.95. The summed E-state index contributed by atoms with van der Waals surface area (Å²) in [5.74, 6) is 1.08. The molecule has 2 radical (unpaired) electrons. The molecule has 0 spiro atoms. The zero-order valence-electron chi connectivity index (χ0n) is 4.73. The van der Waals surface area contributed by atoms with Gasteiger partial charge in [-0.25, -0.2) is 0 Å². The van der Waals surface area contributed by atoms with E-state index in [2.05, 4.69) is 10.3 Å². The van der Waals surface area contributed by atoms with Gasteiger partial charge in [-0.15, -0.1) is 0 Å². The van der Waals surface area contributed by atoms with Crippen LogP contribution in [0.5, 0.6) is 0 Å². The first-order chi connectivity index (χ1) is 3.35. The van der Waals surface area contributed by atoms with Crippen molar-refractivity contribution < 1.29 is 0 Å². The molecule has 0 rings (SSSR count). The summed E-state index contributed by atoms with van der Waals surface area (Å²) in [6, 6.07) is 0. The molecule has 0 atom stereocenters. The first-order valence-electron chi connectivity index (χ1n) is 2.18. The normalized spacial score (nSPS) is 11.4. The molecule has 38 valence electrons. The van der Waals surface area contributed by atoms with Crippen LogP contribution in [0.3, 0.4) is 0 Å². The summed E-state index contributed by atoms with van der Waals surface area (Å²) in [5.41, 5.74) is 0. The van der Waals surface area contributed by atoms with Gasteiger partial charge < -0.3 is 0 Å². The average Bonchev–Trinajstić information content (AvgIpc) is 1.72. The summed E-state index contributed by atoms with van der Waals surface area (Å²) >= 11 is 1.68. The van der Waals surface area contributed by atoms with Gasteiger partial charge >= 0.3 is 53.8 Å². The van der Waals surface area contributed by atoms with Crippen molar-refractivity contribution in [1.29, 1.82) is 0 Å². The van der Waals surface area contributed by atoms with Gasteiger partial charge in [0.2, 0.25) is 0 Å². The van der Waals surface area contributed by atoms with E-state index >= 15 is 0 Å². The molecule has 0 aliphatic carbocycles. The van der Waals surface area contributed by atoms with E-state index in [0.29, 0.717) is 0 Å². The molecular formula is C4H9GaN2. The topological polar surface area (TPSA) is 24.4 Å². The molecule has 7 heavy (non-hydrogen) atoms. The van der Waals surface area contributed by atoms with Crippen molar-refractivity contribution in [2.75, 3.05) is 14.1 Å². The van der Waals surface area contributed by atoms with Crippen molar-refractivity contribution in [2.24, 2.45) is 4.99 Å². The maximum absolute atomic E-state index is 3.95. The van der Waals surface area contributed by atoms with E-state index in [1.807, 2.05) is 7.05 Å². The van der Waals surface area contributed by atoms with Gasteiger partial charge in [-0.1, -0.05) is 0 Å². The Morgan fingerprint density at radius 2 is 2.43 bits per heavy atom. The van der Waals surface area contributed by atoms with Crippen LogP contribution in [0, 0.1) is 0 Å². The quantitative estimate of drug-likeness (QED) is 0.317. The summed E-state index contributed by atoms with van der Waals surface area (Å²) in [7, 11) is 3.69. The third-order valence-electron chi connectivity index (χ3n) is 0.752. The Kier molecular flexibility index (Phi) is 4.34. The van der Waals surface area contributed by atoms with Crippen LogP contribution in [0.15, 0.2) is 4.99 Å². The first kappa shape index (κ1) is 7.11. The standard InChI is InChI=1S/C4H9N2.Ga/c1-4(5-2)6-3;/h1H2,2-3H3,(H,5,6);. The van der Waals surface area contributed by atoms with Gasteiger partial charge in [0.1, 0.15) is 0 Å². The van der Waals surface area contributed by atoms with E-state index in [0.717, 1.165) is 10.8 Å². The number of nitrogens with one attached hydrogen (secondary N) is 1. The fourth-order valence-corrected chi connectivity index (χ4v) is 1.12. The van der Waals surface area contributed by atoms with Crippen LogP contribution in [0.4, 0.5) is 0 Å². The second kappa shape index (κ2) is 4.27. The van der Waals surface area contributed by atoms with Gasteiger partial charge in [0, 0.05) is 0 Å². The second-order valence-corrected chi connectivity index (χ2v) is 1.98. The molecule has 0 aromatic heterocycles. The zero-order chi connectivity index (χ0) is 5.70. The number of nitrogens with zero attached hydrogens (tertiary/aromatic N) is 1. The van der Waals surface area contributed by atoms with Crippen LogP contribution in [0.2, 0.25) is 4.98 Å². The molecular weight excluding hydrogens is 146 g/mol. The van der Waals surface area contributed by atoms with Crippen molar-refractivity contribution in [3.63, 3.8) is 0 Å². The molecule has 0 aromatic rings. The molecule has 0 unspecified atom stereocenters. The van der Waals surface area contributed by atoms with Gasteiger partial charge in [0.15, 0.2) is 0 Å². The van der Waals surface area contributed by atoms with Crippen LogP contribution in [0.1, 0.15) is 0 Å². The van der Waals surface area contributed by atoms with Crippen molar-refractivity contribution in [3.05, 3.63) is 0 Å². The summed E-state index contributed by atoms with van der Waals surface area (Å²) in [5, 5.41) is 2.97. The SMILES string of the molecule is CN=C([CH2][Ga])NC. The average molecular weight is 155 g/mol. The third-order valence-corrected chi connectivity index (χ3v) is 1.56. The molecule has 0 heterocycles. The van der Waals surface area contributed by atoms with Crippen LogP contribution in [0.25, 0.3) is 0 Å². The molecule has 0 aromatic carbocycles. The molecule has 1 N–H and O–H groups in total. The molecule has 3 heteroatoms. The second-order valence-electron chi connectivity index (χ2n) is 1.12. The molecule has 0 bridgehead atoms. The number of hydrogen-bond acceptors (Lipinski definition) is 1. The third kappa shape index (κ3) is 2.76. The summed E-state index contributed by atoms with van der Waals surface area (Å²) in [6.07, 6.45) is 0. The molecule has 2 nitrogen and oxygen atoms in total. The minimum atomic E-state index is 1.06. The first-order valence-corrected chi connectivity index (χ1v) is 3.90. The van der Waals surface area contributed by atoms with Crippen LogP contribution < -0.4 is 5.32 Å². The monoisotopic (exact) mass is 154 g/mol. The van der Waals surface area contributed by atoms with Gasteiger partial charge in [0.05, 0.1) is 0 Å². The molecule has 0 amide bonds. The van der Waals surface area contributed by atoms with Crippen LogP contribution in [-0.4, -0.2) is 38.5 Å². The van der Waals surface area contributed by atoms with E-state index < -0.39 is 0 Å². The van der Waals surface area contributed by atoms with Crippen molar-refractivity contribution >= 4 is 24.4 Å². The molecule has 0 fully saturated rings. The van der Waals surface area contributed by atoms with Gasteiger partial charge in [0.25, 0.3) is 0 Å². The van der Waals surface area contributed by atoms with Gasteiger partial charge in [-0.3, -0.25) is 0 Å². The summed E-state index contributed by atoms with van der Waals surface area (Å²) in [6.45, 7) is 0. The Bertz CT molecular complexity index is 64.1. The van der Waals surface area contributed by atoms with Crippen molar-refractivity contribution in [1.82, 2.24) is 5.32 Å². The predicted octanol–water partition coefficient (Wildman–Crippen LogP) is -0.179. The number of hydrogen-bond donors (Lipinski definition) is 1. The Labute approximate surface area is 54.3 Å². The molecule has 0 saturated carbocycles. The zero-order valence-corrected chi connectivity index (χ0v) is 7.15. The minimum absolute atomic E-state index is 1.06. The fourth-order valence-electron chi connectivity index (χ4n) is 0.305. The number of rotatable bonds is 1. The van der Waals surface area contributed by atoms with Gasteiger partial charge in [-0.05, 0) is 0 Å². The van der Waals surface area contributed by atoms with E-state index in [4.69, 9.17) is 0 Å². The Hall–Kier alpha value is 0.106. The summed E-state index contributed by atoms with van der Waals surface area (Å²) < 4.78 is 0. The number of amidine groups is 1. The predicted molar refractivity (Wildman–Crippen MR) is 33.0 cm³/mol. The van der Waals surface area contributed by atoms with E-state index in [1.54, 1.807) is 25.6 Å². The Morgan fingerprint density at radius 1 is 1.86 bits per heavy atom. The van der Waals surface area contributed by atoms with E-state index in [9.17, 15) is 0 Å². The number of aliphatic imine (C=N–C) groups is 1. The summed E-state index contributed by atoms with van der Waals surface area (Å²) in [4.78, 5) is 5.00. The van der Waals surface area contributed by atoms with E-state index in [1.165, 1.54) is 0 Å². The van der Waals surface area contributed by atoms with Gasteiger partial charge in [-0.2, -0.15) is 0 Å². The van der Waals surface area contributed by atoms with Crippen molar-refractivity contribution in [2.45, 2.75) is 4.98 Å². The molecule has 0 aliphatic heterocycles. The Balaban J connectivity index is 3.38. The fraction of sp³-hybridized carbons (Fsp3) is 0.750. The molecule has 0 saturated heterocycles.